The summed E-state index contributed by atoms with van der Waals surface area (Å²) < 4.78 is 6.87. The molecule has 0 radical (unpaired) electrons. The lowest BCUT2D eigenvalue weighted by Gasteiger charge is -2.09. The Kier molecular flexibility index (Phi) is 4.70. The molecule has 6 heteroatoms. The highest BCUT2D eigenvalue weighted by molar-refractivity contribution is 5.72. The Hall–Kier alpha value is -2.37. The monoisotopic (exact) mass is 274 g/mol. The number of pyridine rings is 1. The van der Waals surface area contributed by atoms with Crippen LogP contribution in [0.3, 0.4) is 0 Å². The Labute approximate surface area is 117 Å². The van der Waals surface area contributed by atoms with Crippen LogP contribution in [0.1, 0.15) is 19.8 Å². The van der Waals surface area contributed by atoms with Gasteiger partial charge < -0.3 is 15.0 Å². The van der Waals surface area contributed by atoms with Gasteiger partial charge in [-0.3, -0.25) is 9.78 Å². The highest BCUT2D eigenvalue weighted by atomic mass is 16.5. The quantitative estimate of drug-likeness (QED) is 0.813. The van der Waals surface area contributed by atoms with E-state index >= 15 is 0 Å². The van der Waals surface area contributed by atoms with Crippen molar-refractivity contribution in [3.63, 3.8) is 0 Å². The first-order valence-electron chi connectivity index (χ1n) is 6.58. The van der Waals surface area contributed by atoms with E-state index in [-0.39, 0.29) is 5.97 Å². The smallest absolute Gasteiger partial charge is 0.305 e. The van der Waals surface area contributed by atoms with Gasteiger partial charge in [0.2, 0.25) is 0 Å². The highest BCUT2D eigenvalue weighted by Crippen LogP contribution is 2.24. The number of hydrogen-bond donors (Lipinski definition) is 1. The molecular formula is C14H18N4O2. The van der Waals surface area contributed by atoms with Crippen LogP contribution in [-0.2, 0) is 16.1 Å². The fourth-order valence-corrected chi connectivity index (χ4v) is 1.97. The molecule has 0 spiro atoms. The maximum Gasteiger partial charge on any atom is 0.305 e. The normalized spacial score (nSPS) is 10.4. The number of hydrogen-bond acceptors (Lipinski definition) is 5. The molecule has 2 heterocycles. The van der Waals surface area contributed by atoms with Crippen LogP contribution < -0.4 is 5.73 Å². The SMILES string of the molecule is CCOC(=O)CCCn1cncc1-c1cnccc1N. The zero-order chi connectivity index (χ0) is 14.4. The summed E-state index contributed by atoms with van der Waals surface area (Å²) in [5, 5.41) is 0. The summed E-state index contributed by atoms with van der Waals surface area (Å²) in [5.74, 6) is -0.171. The van der Waals surface area contributed by atoms with Crippen molar-refractivity contribution in [2.24, 2.45) is 0 Å². The molecule has 0 atom stereocenters. The Morgan fingerprint density at radius 1 is 1.40 bits per heavy atom. The second-order valence-electron chi connectivity index (χ2n) is 4.34. The van der Waals surface area contributed by atoms with E-state index in [1.165, 1.54) is 0 Å². The van der Waals surface area contributed by atoms with E-state index in [0.29, 0.717) is 31.7 Å². The summed E-state index contributed by atoms with van der Waals surface area (Å²) in [6.45, 7) is 2.90. The molecule has 2 aromatic rings. The van der Waals surface area contributed by atoms with Crippen LogP contribution in [0, 0.1) is 0 Å². The fourth-order valence-electron chi connectivity index (χ4n) is 1.97. The fraction of sp³-hybridized carbons (Fsp3) is 0.357. The largest absolute Gasteiger partial charge is 0.466 e. The van der Waals surface area contributed by atoms with E-state index in [1.807, 2.05) is 4.57 Å². The number of carbonyl (C=O) groups excluding carboxylic acids is 1. The summed E-state index contributed by atoms with van der Waals surface area (Å²) in [7, 11) is 0. The number of aromatic nitrogens is 3. The summed E-state index contributed by atoms with van der Waals surface area (Å²) in [5.41, 5.74) is 8.35. The predicted octanol–water partition coefficient (Wildman–Crippen LogP) is 1.87. The molecule has 20 heavy (non-hydrogen) atoms. The lowest BCUT2D eigenvalue weighted by atomic mass is 10.2. The van der Waals surface area contributed by atoms with Crippen molar-refractivity contribution in [3.8, 4) is 11.3 Å². The van der Waals surface area contributed by atoms with Crippen molar-refractivity contribution in [2.45, 2.75) is 26.3 Å². The molecule has 0 aromatic carbocycles. The third kappa shape index (κ3) is 3.34. The maximum atomic E-state index is 11.3. The maximum absolute atomic E-state index is 11.3. The van der Waals surface area contributed by atoms with Crippen LogP contribution in [0.2, 0.25) is 0 Å². The van der Waals surface area contributed by atoms with Crippen molar-refractivity contribution < 1.29 is 9.53 Å². The standard InChI is InChI=1S/C14H18N4O2/c1-2-20-14(19)4-3-7-18-10-17-9-13(18)11-8-16-6-5-12(11)15/h5-6,8-10H,2-4,7H2,1H3,(H2,15,16). The van der Waals surface area contributed by atoms with Gasteiger partial charge in [0.25, 0.3) is 0 Å². The molecule has 0 bridgehead atoms. The molecule has 0 fully saturated rings. The molecule has 0 aliphatic carbocycles. The third-order valence-electron chi connectivity index (χ3n) is 2.93. The first-order chi connectivity index (χ1) is 9.72. The van der Waals surface area contributed by atoms with Crippen molar-refractivity contribution in [1.82, 2.24) is 14.5 Å². The molecule has 2 rings (SSSR count). The molecule has 0 aliphatic heterocycles. The van der Waals surface area contributed by atoms with Gasteiger partial charge in [0, 0.05) is 36.6 Å². The van der Waals surface area contributed by atoms with Crippen molar-refractivity contribution in [3.05, 3.63) is 31.0 Å². The number of ether oxygens (including phenoxy) is 1. The Morgan fingerprint density at radius 2 is 2.25 bits per heavy atom. The van der Waals surface area contributed by atoms with Crippen LogP contribution >= 0.6 is 0 Å². The third-order valence-corrected chi connectivity index (χ3v) is 2.93. The number of nitrogens with zero attached hydrogens (tertiary/aromatic N) is 3. The summed E-state index contributed by atoms with van der Waals surface area (Å²) >= 11 is 0. The topological polar surface area (TPSA) is 83.0 Å². The lowest BCUT2D eigenvalue weighted by Crippen LogP contribution is -2.07. The first-order valence-corrected chi connectivity index (χ1v) is 6.58. The van der Waals surface area contributed by atoms with E-state index in [2.05, 4.69) is 9.97 Å². The highest BCUT2D eigenvalue weighted by Gasteiger charge is 2.09. The number of imidazole rings is 1. The Balaban J connectivity index is 2.03. The predicted molar refractivity (Wildman–Crippen MR) is 75.7 cm³/mol. The van der Waals surface area contributed by atoms with Gasteiger partial charge in [0.05, 0.1) is 24.8 Å². The minimum atomic E-state index is -0.171. The first kappa shape index (κ1) is 14.0. The van der Waals surface area contributed by atoms with E-state index in [9.17, 15) is 4.79 Å². The molecule has 0 saturated carbocycles. The second kappa shape index (κ2) is 6.70. The summed E-state index contributed by atoms with van der Waals surface area (Å²) in [6, 6.07) is 1.76. The molecule has 0 unspecified atom stereocenters. The summed E-state index contributed by atoms with van der Waals surface area (Å²) in [4.78, 5) is 19.5. The average Bonchev–Trinajstić information content (AvgIpc) is 2.88. The zero-order valence-electron chi connectivity index (χ0n) is 11.5. The van der Waals surface area contributed by atoms with Gasteiger partial charge in [-0.25, -0.2) is 4.98 Å². The lowest BCUT2D eigenvalue weighted by molar-refractivity contribution is -0.143. The van der Waals surface area contributed by atoms with Crippen LogP contribution in [0.15, 0.2) is 31.0 Å². The number of aryl methyl sites for hydroxylation is 1. The molecular weight excluding hydrogens is 256 g/mol. The minimum Gasteiger partial charge on any atom is -0.466 e. The molecule has 0 aliphatic rings. The Bertz CT molecular complexity index is 580. The van der Waals surface area contributed by atoms with E-state index < -0.39 is 0 Å². The number of esters is 1. The summed E-state index contributed by atoms with van der Waals surface area (Å²) in [6.07, 6.45) is 7.94. The number of nitrogen functional groups attached to an aromatic ring is 1. The van der Waals surface area contributed by atoms with E-state index in [1.54, 1.807) is 37.9 Å². The van der Waals surface area contributed by atoms with E-state index in [0.717, 1.165) is 11.3 Å². The average molecular weight is 274 g/mol. The molecule has 0 amide bonds. The number of nitrogens with two attached hydrogens (primary N) is 1. The van der Waals surface area contributed by atoms with Gasteiger partial charge in [0.15, 0.2) is 0 Å². The Morgan fingerprint density at radius 3 is 3.00 bits per heavy atom. The van der Waals surface area contributed by atoms with Gasteiger partial charge >= 0.3 is 5.97 Å². The van der Waals surface area contributed by atoms with Crippen molar-refractivity contribution >= 4 is 11.7 Å². The van der Waals surface area contributed by atoms with Crippen molar-refractivity contribution in [2.75, 3.05) is 12.3 Å². The number of rotatable bonds is 6. The zero-order valence-corrected chi connectivity index (χ0v) is 11.5. The second-order valence-corrected chi connectivity index (χ2v) is 4.34. The minimum absolute atomic E-state index is 0.171. The van der Waals surface area contributed by atoms with Crippen molar-refractivity contribution in [1.29, 1.82) is 0 Å². The van der Waals surface area contributed by atoms with Gasteiger partial charge in [-0.05, 0) is 19.4 Å². The van der Waals surface area contributed by atoms with Crippen LogP contribution in [-0.4, -0.2) is 27.1 Å². The molecule has 2 aromatic heterocycles. The van der Waals surface area contributed by atoms with Gasteiger partial charge in [-0.15, -0.1) is 0 Å². The van der Waals surface area contributed by atoms with Crippen LogP contribution in [0.25, 0.3) is 11.3 Å². The molecule has 2 N–H and O–H groups in total. The van der Waals surface area contributed by atoms with Gasteiger partial charge in [-0.2, -0.15) is 0 Å². The molecule has 106 valence electrons. The van der Waals surface area contributed by atoms with Crippen LogP contribution in [0.4, 0.5) is 5.69 Å². The molecule has 0 saturated heterocycles. The van der Waals surface area contributed by atoms with E-state index in [4.69, 9.17) is 10.5 Å². The molecule has 6 nitrogen and oxygen atoms in total. The number of carbonyl (C=O) groups is 1. The van der Waals surface area contributed by atoms with Gasteiger partial charge in [0.1, 0.15) is 0 Å². The number of anilines is 1. The van der Waals surface area contributed by atoms with Gasteiger partial charge in [-0.1, -0.05) is 0 Å². The van der Waals surface area contributed by atoms with Crippen LogP contribution in [0.5, 0.6) is 0 Å².